The minimum atomic E-state index is -0.781. The first-order chi connectivity index (χ1) is 12.0. The monoisotopic (exact) mass is 344 g/mol. The zero-order chi connectivity index (χ0) is 18.0. The van der Waals surface area contributed by atoms with E-state index >= 15 is 0 Å². The van der Waals surface area contributed by atoms with Crippen molar-refractivity contribution in [2.24, 2.45) is 11.8 Å². The highest BCUT2D eigenvalue weighted by atomic mass is 16.5. The molecule has 3 atom stereocenters. The van der Waals surface area contributed by atoms with Crippen molar-refractivity contribution >= 4 is 17.7 Å². The van der Waals surface area contributed by atoms with E-state index in [1.165, 1.54) is 4.90 Å². The van der Waals surface area contributed by atoms with Gasteiger partial charge in [0.25, 0.3) is 0 Å². The molecule has 1 aliphatic carbocycles. The van der Waals surface area contributed by atoms with Gasteiger partial charge in [0.15, 0.2) is 0 Å². The van der Waals surface area contributed by atoms with E-state index < -0.39 is 6.04 Å². The SMILES string of the molecule is COc1cccc(CNC(=O)[C@H](C)N2C(=O)[C@@H]3CCCC[C@H]3C2=O)c1. The number of nitrogens with one attached hydrogen (secondary N) is 1. The van der Waals surface area contributed by atoms with Gasteiger partial charge < -0.3 is 10.1 Å². The molecule has 0 aromatic heterocycles. The molecule has 1 N–H and O–H groups in total. The smallest absolute Gasteiger partial charge is 0.243 e. The summed E-state index contributed by atoms with van der Waals surface area (Å²) in [5.41, 5.74) is 0.896. The molecular formula is C19H24N2O4. The fraction of sp³-hybridized carbons (Fsp3) is 0.526. The third kappa shape index (κ3) is 3.38. The number of methoxy groups -OCH3 is 1. The number of fused-ring (bicyclic) bond motifs is 1. The summed E-state index contributed by atoms with van der Waals surface area (Å²) in [5.74, 6) is -0.417. The quantitative estimate of drug-likeness (QED) is 0.828. The molecular weight excluding hydrogens is 320 g/mol. The van der Waals surface area contributed by atoms with Gasteiger partial charge in [0, 0.05) is 6.54 Å². The first-order valence-electron chi connectivity index (χ1n) is 8.80. The van der Waals surface area contributed by atoms with Gasteiger partial charge in [-0.25, -0.2) is 0 Å². The number of likely N-dealkylation sites (tertiary alicyclic amines) is 1. The number of imide groups is 1. The average molecular weight is 344 g/mol. The van der Waals surface area contributed by atoms with Gasteiger partial charge in [0.1, 0.15) is 11.8 Å². The van der Waals surface area contributed by atoms with Gasteiger partial charge in [-0.1, -0.05) is 25.0 Å². The number of carbonyl (C=O) groups excluding carboxylic acids is 3. The number of hydrogen-bond acceptors (Lipinski definition) is 4. The van der Waals surface area contributed by atoms with Crippen molar-refractivity contribution in [1.29, 1.82) is 0 Å². The number of carbonyl (C=O) groups is 3. The Kier molecular flexibility index (Phi) is 5.06. The molecule has 1 aliphatic heterocycles. The second-order valence-electron chi connectivity index (χ2n) is 6.79. The topological polar surface area (TPSA) is 75.7 Å². The lowest BCUT2D eigenvalue weighted by Gasteiger charge is -2.22. The molecule has 2 aliphatic rings. The van der Waals surface area contributed by atoms with Crippen LogP contribution in [0.15, 0.2) is 24.3 Å². The molecule has 3 rings (SSSR count). The Labute approximate surface area is 147 Å². The zero-order valence-corrected chi connectivity index (χ0v) is 14.7. The number of nitrogens with zero attached hydrogens (tertiary/aromatic N) is 1. The van der Waals surface area contributed by atoms with Crippen LogP contribution >= 0.6 is 0 Å². The molecule has 2 fully saturated rings. The van der Waals surface area contributed by atoms with Crippen LogP contribution in [0.2, 0.25) is 0 Å². The minimum Gasteiger partial charge on any atom is -0.497 e. The highest BCUT2D eigenvalue weighted by Gasteiger charge is 2.50. The maximum atomic E-state index is 12.6. The third-order valence-corrected chi connectivity index (χ3v) is 5.24. The van der Waals surface area contributed by atoms with E-state index in [1.807, 2.05) is 24.3 Å². The molecule has 1 aromatic carbocycles. The van der Waals surface area contributed by atoms with Crippen LogP contribution in [0.25, 0.3) is 0 Å². The molecule has 6 nitrogen and oxygen atoms in total. The van der Waals surface area contributed by atoms with Gasteiger partial charge in [-0.15, -0.1) is 0 Å². The van der Waals surface area contributed by atoms with Gasteiger partial charge in [-0.2, -0.15) is 0 Å². The number of benzene rings is 1. The second-order valence-corrected chi connectivity index (χ2v) is 6.79. The van der Waals surface area contributed by atoms with E-state index in [0.717, 1.165) is 31.2 Å². The lowest BCUT2D eigenvalue weighted by atomic mass is 9.81. The van der Waals surface area contributed by atoms with Crippen LogP contribution in [-0.2, 0) is 20.9 Å². The first kappa shape index (κ1) is 17.5. The van der Waals surface area contributed by atoms with Gasteiger partial charge in [0.2, 0.25) is 17.7 Å². The van der Waals surface area contributed by atoms with Crippen molar-refractivity contribution < 1.29 is 19.1 Å². The number of amides is 3. The van der Waals surface area contributed by atoms with E-state index in [-0.39, 0.29) is 29.6 Å². The summed E-state index contributed by atoms with van der Waals surface area (Å²) < 4.78 is 5.16. The summed E-state index contributed by atoms with van der Waals surface area (Å²) >= 11 is 0. The van der Waals surface area contributed by atoms with Crippen molar-refractivity contribution in [1.82, 2.24) is 10.2 Å². The van der Waals surface area contributed by atoms with Crippen LogP contribution in [0, 0.1) is 11.8 Å². The van der Waals surface area contributed by atoms with Crippen molar-refractivity contribution in [2.45, 2.75) is 45.2 Å². The van der Waals surface area contributed by atoms with Crippen molar-refractivity contribution in [3.63, 3.8) is 0 Å². The molecule has 1 aromatic rings. The molecule has 1 saturated carbocycles. The van der Waals surface area contributed by atoms with E-state index in [1.54, 1.807) is 14.0 Å². The molecule has 0 spiro atoms. The van der Waals surface area contributed by atoms with Crippen LogP contribution in [0.3, 0.4) is 0 Å². The molecule has 6 heteroatoms. The highest BCUT2D eigenvalue weighted by Crippen LogP contribution is 2.38. The lowest BCUT2D eigenvalue weighted by Crippen LogP contribution is -2.48. The van der Waals surface area contributed by atoms with Crippen LogP contribution < -0.4 is 10.1 Å². The van der Waals surface area contributed by atoms with Gasteiger partial charge in [-0.05, 0) is 37.5 Å². The summed E-state index contributed by atoms with van der Waals surface area (Å²) in [7, 11) is 1.59. The van der Waals surface area contributed by atoms with E-state index in [0.29, 0.717) is 12.3 Å². The highest BCUT2D eigenvalue weighted by molar-refractivity contribution is 6.08. The third-order valence-electron chi connectivity index (χ3n) is 5.24. The van der Waals surface area contributed by atoms with Crippen LogP contribution in [0.1, 0.15) is 38.2 Å². The zero-order valence-electron chi connectivity index (χ0n) is 14.7. The fourth-order valence-electron chi connectivity index (χ4n) is 3.81. The summed E-state index contributed by atoms with van der Waals surface area (Å²) in [4.78, 5) is 38.8. The van der Waals surface area contributed by atoms with Gasteiger partial charge in [-0.3, -0.25) is 19.3 Å². The molecule has 1 saturated heterocycles. The maximum absolute atomic E-state index is 12.6. The Morgan fingerprint density at radius 3 is 2.48 bits per heavy atom. The Hall–Kier alpha value is -2.37. The van der Waals surface area contributed by atoms with Crippen molar-refractivity contribution in [3.8, 4) is 5.75 Å². The Morgan fingerprint density at radius 1 is 1.24 bits per heavy atom. The Bertz CT molecular complexity index is 664. The molecule has 3 amide bonds. The maximum Gasteiger partial charge on any atom is 0.243 e. The molecule has 0 unspecified atom stereocenters. The fourth-order valence-corrected chi connectivity index (χ4v) is 3.81. The largest absolute Gasteiger partial charge is 0.497 e. The molecule has 0 radical (unpaired) electrons. The molecule has 25 heavy (non-hydrogen) atoms. The van der Waals surface area contributed by atoms with Crippen molar-refractivity contribution in [2.75, 3.05) is 7.11 Å². The van der Waals surface area contributed by atoms with Crippen molar-refractivity contribution in [3.05, 3.63) is 29.8 Å². The minimum absolute atomic E-state index is 0.182. The number of rotatable bonds is 5. The first-order valence-corrected chi connectivity index (χ1v) is 8.80. The second kappa shape index (κ2) is 7.25. The molecule has 1 heterocycles. The number of ether oxygens (including phenoxy) is 1. The van der Waals surface area contributed by atoms with Crippen LogP contribution in [0.5, 0.6) is 5.75 Å². The van der Waals surface area contributed by atoms with Crippen LogP contribution in [0.4, 0.5) is 0 Å². The Morgan fingerprint density at radius 2 is 1.88 bits per heavy atom. The molecule has 134 valence electrons. The van der Waals surface area contributed by atoms with Gasteiger partial charge in [0.05, 0.1) is 18.9 Å². The summed E-state index contributed by atoms with van der Waals surface area (Å²) in [6, 6.07) is 6.62. The van der Waals surface area contributed by atoms with Crippen LogP contribution in [-0.4, -0.2) is 35.8 Å². The van der Waals surface area contributed by atoms with E-state index in [4.69, 9.17) is 4.74 Å². The standard InChI is InChI=1S/C19H24N2O4/c1-12(17(22)20-11-13-6-5-7-14(10-13)25-2)21-18(23)15-8-3-4-9-16(15)19(21)24/h5-7,10,12,15-16H,3-4,8-9,11H2,1-2H3,(H,20,22)/t12-,15+,16+/m0/s1. The Balaban J connectivity index is 1.63. The predicted molar refractivity (Wildman–Crippen MR) is 91.6 cm³/mol. The van der Waals surface area contributed by atoms with E-state index in [9.17, 15) is 14.4 Å². The normalized spacial score (nSPS) is 24.0. The predicted octanol–water partition coefficient (Wildman–Crippen LogP) is 1.88. The summed E-state index contributed by atoms with van der Waals surface area (Å²) in [6.07, 6.45) is 3.46. The summed E-state index contributed by atoms with van der Waals surface area (Å²) in [6.45, 7) is 1.94. The van der Waals surface area contributed by atoms with E-state index in [2.05, 4.69) is 5.32 Å². The lowest BCUT2D eigenvalue weighted by molar-refractivity contribution is -0.147. The van der Waals surface area contributed by atoms with Gasteiger partial charge >= 0.3 is 0 Å². The summed E-state index contributed by atoms with van der Waals surface area (Å²) in [5, 5.41) is 2.81. The molecule has 0 bridgehead atoms. The number of hydrogen-bond donors (Lipinski definition) is 1. The average Bonchev–Trinajstić information content (AvgIpc) is 2.90.